The van der Waals surface area contributed by atoms with E-state index in [-0.39, 0.29) is 28.7 Å². The molecule has 2 N–H and O–H groups in total. The number of hydrogen-bond acceptors (Lipinski definition) is 8. The highest BCUT2D eigenvalue weighted by Gasteiger charge is 2.32. The van der Waals surface area contributed by atoms with E-state index in [1.54, 1.807) is 5.01 Å². The Morgan fingerprint density at radius 1 is 1.11 bits per heavy atom. The van der Waals surface area contributed by atoms with Crippen LogP contribution < -0.4 is 10.7 Å². The highest BCUT2D eigenvalue weighted by molar-refractivity contribution is 5.64. The van der Waals surface area contributed by atoms with Crippen molar-refractivity contribution >= 4 is 5.95 Å². The van der Waals surface area contributed by atoms with Crippen LogP contribution in [-0.2, 0) is 6.18 Å². The summed E-state index contributed by atoms with van der Waals surface area (Å²) in [6.07, 6.45) is -0.00445. The summed E-state index contributed by atoms with van der Waals surface area (Å²) in [6, 6.07) is 4.80. The van der Waals surface area contributed by atoms with Gasteiger partial charge in [-0.15, -0.1) is 0 Å². The second-order valence-electron chi connectivity index (χ2n) is 6.00. The minimum Gasteiger partial charge on any atom is -0.364 e. The van der Waals surface area contributed by atoms with Crippen molar-refractivity contribution in [2.45, 2.75) is 6.18 Å². The Balaban J connectivity index is 1.73. The van der Waals surface area contributed by atoms with Crippen LogP contribution in [0.2, 0.25) is 0 Å². The van der Waals surface area contributed by atoms with Crippen LogP contribution in [0.15, 0.2) is 53.1 Å². The molecule has 4 rings (SSSR count). The van der Waals surface area contributed by atoms with E-state index in [4.69, 9.17) is 4.52 Å². The smallest absolute Gasteiger partial charge is 0.364 e. The van der Waals surface area contributed by atoms with E-state index in [9.17, 15) is 13.2 Å². The first-order valence-corrected chi connectivity index (χ1v) is 8.16. The third-order valence-corrected chi connectivity index (χ3v) is 3.91. The molecule has 1 aliphatic heterocycles. The molecule has 1 aliphatic rings. The SMILES string of the molecule is CN1C=C(Nc2nccc(-c3cc(C(F)(F)F)cc(-c4ccon4)n3)n2)CN1. The van der Waals surface area contributed by atoms with Crippen LogP contribution in [0.3, 0.4) is 0 Å². The van der Waals surface area contributed by atoms with Crippen molar-refractivity contribution in [1.82, 2.24) is 30.5 Å². The lowest BCUT2D eigenvalue weighted by Crippen LogP contribution is -2.24. The second-order valence-corrected chi connectivity index (χ2v) is 6.00. The zero-order valence-electron chi connectivity index (χ0n) is 14.5. The van der Waals surface area contributed by atoms with Gasteiger partial charge in [0.1, 0.15) is 12.0 Å². The minimum atomic E-state index is -4.55. The number of aromatic nitrogens is 4. The van der Waals surface area contributed by atoms with Crippen LogP contribution in [-0.4, -0.2) is 38.7 Å². The topological polar surface area (TPSA) is 92.0 Å². The average molecular weight is 389 g/mol. The van der Waals surface area contributed by atoms with Crippen molar-refractivity contribution in [2.75, 3.05) is 18.9 Å². The summed E-state index contributed by atoms with van der Waals surface area (Å²) < 4.78 is 44.8. The molecule has 3 aromatic heterocycles. The molecule has 8 nitrogen and oxygen atoms in total. The number of hydrogen-bond donors (Lipinski definition) is 2. The Hall–Kier alpha value is -3.47. The molecule has 4 heterocycles. The molecular weight excluding hydrogens is 375 g/mol. The Morgan fingerprint density at radius 3 is 2.54 bits per heavy atom. The molecule has 0 bridgehead atoms. The molecule has 0 spiro atoms. The first-order chi connectivity index (χ1) is 13.4. The van der Waals surface area contributed by atoms with Gasteiger partial charge < -0.3 is 14.8 Å². The third kappa shape index (κ3) is 3.78. The first kappa shape index (κ1) is 17.9. The van der Waals surface area contributed by atoms with Crippen LogP contribution in [0.4, 0.5) is 19.1 Å². The zero-order chi connectivity index (χ0) is 19.7. The Morgan fingerprint density at radius 2 is 1.89 bits per heavy atom. The van der Waals surface area contributed by atoms with Crippen LogP contribution >= 0.6 is 0 Å². The minimum absolute atomic E-state index is 0.0380. The summed E-state index contributed by atoms with van der Waals surface area (Å²) in [5.41, 5.74) is 3.55. The number of pyridine rings is 1. The van der Waals surface area contributed by atoms with E-state index in [2.05, 4.69) is 30.9 Å². The number of anilines is 1. The summed E-state index contributed by atoms with van der Waals surface area (Å²) in [7, 11) is 1.84. The van der Waals surface area contributed by atoms with E-state index in [1.165, 1.54) is 24.6 Å². The lowest BCUT2D eigenvalue weighted by Gasteiger charge is -2.11. The molecule has 0 atom stereocenters. The highest BCUT2D eigenvalue weighted by Crippen LogP contribution is 2.34. The first-order valence-electron chi connectivity index (χ1n) is 8.16. The van der Waals surface area contributed by atoms with Gasteiger partial charge in [0.2, 0.25) is 5.95 Å². The van der Waals surface area contributed by atoms with Gasteiger partial charge in [-0.2, -0.15) is 13.2 Å². The molecule has 0 fully saturated rings. The third-order valence-electron chi connectivity index (χ3n) is 3.91. The Bertz CT molecular complexity index is 1020. The number of alkyl halides is 3. The predicted molar refractivity (Wildman–Crippen MR) is 93.2 cm³/mol. The van der Waals surface area contributed by atoms with Crippen molar-refractivity contribution in [3.05, 3.63) is 54.2 Å². The van der Waals surface area contributed by atoms with Crippen molar-refractivity contribution in [2.24, 2.45) is 0 Å². The van der Waals surface area contributed by atoms with Gasteiger partial charge in [-0.1, -0.05) is 5.16 Å². The largest absolute Gasteiger partial charge is 0.416 e. The number of nitrogens with zero attached hydrogens (tertiary/aromatic N) is 5. The van der Waals surface area contributed by atoms with Crippen LogP contribution in [0.1, 0.15) is 5.56 Å². The molecule has 0 aliphatic carbocycles. The fourth-order valence-electron chi connectivity index (χ4n) is 2.62. The van der Waals surface area contributed by atoms with Crippen LogP contribution in [0, 0.1) is 0 Å². The highest BCUT2D eigenvalue weighted by atomic mass is 19.4. The summed E-state index contributed by atoms with van der Waals surface area (Å²) >= 11 is 0. The number of hydrazine groups is 1. The molecule has 0 aromatic carbocycles. The summed E-state index contributed by atoms with van der Waals surface area (Å²) in [5.74, 6) is 0.253. The summed E-state index contributed by atoms with van der Waals surface area (Å²) in [6.45, 7) is 0.558. The van der Waals surface area contributed by atoms with Gasteiger partial charge in [-0.25, -0.2) is 20.4 Å². The maximum Gasteiger partial charge on any atom is 0.416 e. The van der Waals surface area contributed by atoms with E-state index >= 15 is 0 Å². The number of nitrogens with one attached hydrogen (secondary N) is 2. The van der Waals surface area contributed by atoms with Crippen LogP contribution in [0.25, 0.3) is 22.8 Å². The number of rotatable bonds is 4. The summed E-state index contributed by atoms with van der Waals surface area (Å²) in [4.78, 5) is 12.7. The van der Waals surface area contributed by atoms with Crippen molar-refractivity contribution < 1.29 is 17.7 Å². The molecule has 0 unspecified atom stereocenters. The van der Waals surface area contributed by atoms with Gasteiger partial charge in [0.25, 0.3) is 0 Å². The molecule has 0 saturated carbocycles. The van der Waals surface area contributed by atoms with Gasteiger partial charge >= 0.3 is 6.18 Å². The monoisotopic (exact) mass is 389 g/mol. The van der Waals surface area contributed by atoms with E-state index in [0.29, 0.717) is 6.54 Å². The maximum atomic E-state index is 13.4. The molecule has 0 radical (unpaired) electrons. The van der Waals surface area contributed by atoms with Gasteiger partial charge in [-0.3, -0.25) is 0 Å². The number of halogens is 3. The molecule has 28 heavy (non-hydrogen) atoms. The lowest BCUT2D eigenvalue weighted by molar-refractivity contribution is -0.137. The van der Waals surface area contributed by atoms with Gasteiger partial charge in [0.15, 0.2) is 0 Å². The quantitative estimate of drug-likeness (QED) is 0.704. The van der Waals surface area contributed by atoms with E-state index in [1.807, 2.05) is 13.2 Å². The van der Waals surface area contributed by atoms with E-state index in [0.717, 1.165) is 17.8 Å². The zero-order valence-corrected chi connectivity index (χ0v) is 14.5. The average Bonchev–Trinajstić information content (AvgIpc) is 3.33. The normalized spacial score (nSPS) is 14.3. The fourth-order valence-corrected chi connectivity index (χ4v) is 2.62. The molecule has 0 saturated heterocycles. The van der Waals surface area contributed by atoms with Gasteiger partial charge in [0, 0.05) is 25.5 Å². The predicted octanol–water partition coefficient (Wildman–Crippen LogP) is 2.92. The Kier molecular flexibility index (Phi) is 4.43. The van der Waals surface area contributed by atoms with Gasteiger partial charge in [0.05, 0.1) is 34.9 Å². The van der Waals surface area contributed by atoms with Crippen LogP contribution in [0.5, 0.6) is 0 Å². The maximum absolute atomic E-state index is 13.4. The molecule has 144 valence electrons. The standard InChI is InChI=1S/C17H14F3N7O/c1-27-9-11(8-22-27)23-16-21-4-2-12(25-16)14-6-10(17(18,19)20)7-15(24-14)13-3-5-28-26-13/h2-7,9,22H,8H2,1H3,(H,21,23,25). The second kappa shape index (κ2) is 6.93. The molecule has 11 heteroatoms. The lowest BCUT2D eigenvalue weighted by atomic mass is 10.1. The molecule has 0 amide bonds. The molecular formula is C17H14F3N7O. The van der Waals surface area contributed by atoms with Crippen molar-refractivity contribution in [3.63, 3.8) is 0 Å². The van der Waals surface area contributed by atoms with Crippen molar-refractivity contribution in [3.8, 4) is 22.8 Å². The van der Waals surface area contributed by atoms with E-state index < -0.39 is 11.7 Å². The van der Waals surface area contributed by atoms with Gasteiger partial charge in [-0.05, 0) is 18.2 Å². The Labute approximate surface area is 157 Å². The molecule has 3 aromatic rings. The van der Waals surface area contributed by atoms with Crippen molar-refractivity contribution in [1.29, 1.82) is 0 Å². The summed E-state index contributed by atoms with van der Waals surface area (Å²) in [5, 5.41) is 8.46. The fraction of sp³-hybridized carbons (Fsp3) is 0.176.